The maximum absolute atomic E-state index is 13.3. The van der Waals surface area contributed by atoms with Gasteiger partial charge in [0.2, 0.25) is 0 Å². The number of ether oxygens (including phenoxy) is 1. The molecule has 1 aliphatic rings. The first-order chi connectivity index (χ1) is 11.5. The number of amides is 2. The number of urea groups is 1. The topological polar surface area (TPSA) is 44.8 Å². The SMILES string of the molecule is Cc1cc(CNC(=O)N(CCN(C)C)C[C@H]2CCCO2)ccc1F. The second-order valence-corrected chi connectivity index (χ2v) is 6.63. The fourth-order valence-corrected chi connectivity index (χ4v) is 2.74. The molecular weight excluding hydrogens is 309 g/mol. The number of rotatable bonds is 7. The molecule has 0 bridgehead atoms. The molecule has 134 valence electrons. The van der Waals surface area contributed by atoms with Gasteiger partial charge in [-0.2, -0.15) is 0 Å². The Morgan fingerprint density at radius 1 is 1.38 bits per heavy atom. The molecule has 1 heterocycles. The summed E-state index contributed by atoms with van der Waals surface area (Å²) < 4.78 is 19.0. The van der Waals surface area contributed by atoms with Crippen molar-refractivity contribution in [1.29, 1.82) is 0 Å². The number of nitrogens with one attached hydrogen (secondary N) is 1. The monoisotopic (exact) mass is 337 g/mol. The Hall–Kier alpha value is -1.66. The van der Waals surface area contributed by atoms with Crippen molar-refractivity contribution in [2.45, 2.75) is 32.4 Å². The highest BCUT2D eigenvalue weighted by atomic mass is 19.1. The van der Waals surface area contributed by atoms with Crippen molar-refractivity contribution in [3.63, 3.8) is 0 Å². The van der Waals surface area contributed by atoms with E-state index >= 15 is 0 Å². The number of carbonyl (C=O) groups is 1. The van der Waals surface area contributed by atoms with Gasteiger partial charge in [-0.15, -0.1) is 0 Å². The fourth-order valence-electron chi connectivity index (χ4n) is 2.74. The van der Waals surface area contributed by atoms with Crippen LogP contribution >= 0.6 is 0 Å². The molecular formula is C18H28FN3O2. The smallest absolute Gasteiger partial charge is 0.317 e. The normalized spacial score (nSPS) is 17.3. The zero-order valence-electron chi connectivity index (χ0n) is 14.8. The standard InChI is InChI=1S/C18H28FN3O2/c1-14-11-15(6-7-17(14)19)12-20-18(23)22(9-8-21(2)3)13-16-5-4-10-24-16/h6-7,11,16H,4-5,8-10,12-13H2,1-3H3,(H,20,23)/t16-/m1/s1. The lowest BCUT2D eigenvalue weighted by molar-refractivity contribution is 0.0795. The maximum Gasteiger partial charge on any atom is 0.317 e. The van der Waals surface area contributed by atoms with E-state index in [9.17, 15) is 9.18 Å². The molecule has 1 atom stereocenters. The molecule has 6 heteroatoms. The van der Waals surface area contributed by atoms with Crippen LogP contribution in [0.1, 0.15) is 24.0 Å². The summed E-state index contributed by atoms with van der Waals surface area (Å²) in [4.78, 5) is 16.4. The lowest BCUT2D eigenvalue weighted by Gasteiger charge is -2.27. The maximum atomic E-state index is 13.3. The van der Waals surface area contributed by atoms with Gasteiger partial charge < -0.3 is 19.9 Å². The summed E-state index contributed by atoms with van der Waals surface area (Å²) in [6, 6.07) is 4.80. The Balaban J connectivity index is 1.90. The van der Waals surface area contributed by atoms with Gasteiger partial charge in [-0.3, -0.25) is 0 Å². The van der Waals surface area contributed by atoms with Crippen LogP contribution < -0.4 is 5.32 Å². The number of likely N-dealkylation sites (N-methyl/N-ethyl adjacent to an activating group) is 1. The van der Waals surface area contributed by atoms with Gasteiger partial charge in [-0.1, -0.05) is 12.1 Å². The number of benzene rings is 1. The minimum absolute atomic E-state index is 0.102. The first kappa shape index (κ1) is 18.7. The Kier molecular flexibility index (Phi) is 6.99. The molecule has 0 aromatic heterocycles. The molecule has 0 spiro atoms. The molecule has 1 fully saturated rings. The van der Waals surface area contributed by atoms with Crippen LogP contribution in [0.4, 0.5) is 9.18 Å². The summed E-state index contributed by atoms with van der Waals surface area (Å²) >= 11 is 0. The Morgan fingerprint density at radius 3 is 2.79 bits per heavy atom. The quantitative estimate of drug-likeness (QED) is 0.831. The van der Waals surface area contributed by atoms with E-state index < -0.39 is 0 Å². The largest absolute Gasteiger partial charge is 0.376 e. The Bertz CT molecular complexity index is 545. The molecule has 0 saturated carbocycles. The third kappa shape index (κ3) is 5.76. The minimum atomic E-state index is -0.226. The van der Waals surface area contributed by atoms with Crippen molar-refractivity contribution >= 4 is 6.03 Å². The molecule has 0 radical (unpaired) electrons. The number of aryl methyl sites for hydroxylation is 1. The van der Waals surface area contributed by atoms with Crippen LogP contribution in [0.2, 0.25) is 0 Å². The highest BCUT2D eigenvalue weighted by Gasteiger charge is 2.22. The molecule has 1 aromatic carbocycles. The van der Waals surface area contributed by atoms with Crippen molar-refractivity contribution in [3.8, 4) is 0 Å². The van der Waals surface area contributed by atoms with E-state index in [1.807, 2.05) is 19.0 Å². The highest BCUT2D eigenvalue weighted by Crippen LogP contribution is 2.14. The van der Waals surface area contributed by atoms with Gasteiger partial charge in [-0.25, -0.2) is 9.18 Å². The highest BCUT2D eigenvalue weighted by molar-refractivity contribution is 5.74. The molecule has 1 aromatic rings. The van der Waals surface area contributed by atoms with Crippen molar-refractivity contribution in [1.82, 2.24) is 15.1 Å². The number of halogens is 1. The average Bonchev–Trinajstić information content (AvgIpc) is 3.05. The van der Waals surface area contributed by atoms with E-state index in [0.29, 0.717) is 25.2 Å². The zero-order valence-corrected chi connectivity index (χ0v) is 14.8. The predicted octanol–water partition coefficient (Wildman–Crippen LogP) is 2.39. The van der Waals surface area contributed by atoms with Crippen LogP contribution in [-0.2, 0) is 11.3 Å². The Morgan fingerprint density at radius 2 is 2.17 bits per heavy atom. The number of hydrogen-bond donors (Lipinski definition) is 1. The molecule has 1 aliphatic heterocycles. The second kappa shape index (κ2) is 8.99. The summed E-state index contributed by atoms with van der Waals surface area (Å²) in [6.45, 7) is 4.97. The minimum Gasteiger partial charge on any atom is -0.376 e. The van der Waals surface area contributed by atoms with Gasteiger partial charge in [0.15, 0.2) is 0 Å². The second-order valence-electron chi connectivity index (χ2n) is 6.63. The predicted molar refractivity (Wildman–Crippen MR) is 92.5 cm³/mol. The lowest BCUT2D eigenvalue weighted by Crippen LogP contribution is -2.46. The first-order valence-corrected chi connectivity index (χ1v) is 8.50. The third-order valence-corrected chi connectivity index (χ3v) is 4.22. The van der Waals surface area contributed by atoms with E-state index in [4.69, 9.17) is 4.74 Å². The fraction of sp³-hybridized carbons (Fsp3) is 0.611. The Labute approximate surface area is 143 Å². The van der Waals surface area contributed by atoms with Crippen LogP contribution in [0, 0.1) is 12.7 Å². The molecule has 0 aliphatic carbocycles. The van der Waals surface area contributed by atoms with Crippen molar-refractivity contribution in [2.24, 2.45) is 0 Å². The molecule has 0 unspecified atom stereocenters. The van der Waals surface area contributed by atoms with Crippen LogP contribution in [0.3, 0.4) is 0 Å². The third-order valence-electron chi connectivity index (χ3n) is 4.22. The summed E-state index contributed by atoms with van der Waals surface area (Å²) in [5.74, 6) is -0.226. The van der Waals surface area contributed by atoms with Crippen LogP contribution in [-0.4, -0.2) is 62.3 Å². The molecule has 1 N–H and O–H groups in total. The van der Waals surface area contributed by atoms with Gasteiger partial charge in [0, 0.05) is 32.8 Å². The van der Waals surface area contributed by atoms with Crippen molar-refractivity contribution in [3.05, 3.63) is 35.1 Å². The zero-order chi connectivity index (χ0) is 17.5. The number of hydrogen-bond acceptors (Lipinski definition) is 3. The molecule has 24 heavy (non-hydrogen) atoms. The first-order valence-electron chi connectivity index (χ1n) is 8.50. The molecule has 1 saturated heterocycles. The summed E-state index contributed by atoms with van der Waals surface area (Å²) in [5, 5.41) is 2.93. The average molecular weight is 337 g/mol. The summed E-state index contributed by atoms with van der Waals surface area (Å²) in [5.41, 5.74) is 1.48. The molecule has 2 amide bonds. The van der Waals surface area contributed by atoms with E-state index in [0.717, 1.165) is 31.6 Å². The van der Waals surface area contributed by atoms with E-state index in [1.54, 1.807) is 19.1 Å². The van der Waals surface area contributed by atoms with E-state index in [2.05, 4.69) is 10.2 Å². The number of nitrogens with zero attached hydrogens (tertiary/aromatic N) is 2. The number of carbonyl (C=O) groups excluding carboxylic acids is 1. The van der Waals surface area contributed by atoms with Crippen LogP contribution in [0.25, 0.3) is 0 Å². The van der Waals surface area contributed by atoms with Gasteiger partial charge >= 0.3 is 6.03 Å². The van der Waals surface area contributed by atoms with Crippen LogP contribution in [0.5, 0.6) is 0 Å². The molecule has 2 rings (SSSR count). The summed E-state index contributed by atoms with van der Waals surface area (Å²) in [7, 11) is 3.98. The van der Waals surface area contributed by atoms with E-state index in [1.165, 1.54) is 6.07 Å². The van der Waals surface area contributed by atoms with Gasteiger partial charge in [0.05, 0.1) is 6.10 Å². The van der Waals surface area contributed by atoms with Gasteiger partial charge in [0.25, 0.3) is 0 Å². The van der Waals surface area contributed by atoms with Gasteiger partial charge in [0.1, 0.15) is 5.82 Å². The van der Waals surface area contributed by atoms with Crippen molar-refractivity contribution < 1.29 is 13.9 Å². The molecule has 5 nitrogen and oxygen atoms in total. The summed E-state index contributed by atoms with van der Waals surface area (Å²) in [6.07, 6.45) is 2.19. The van der Waals surface area contributed by atoms with Crippen molar-refractivity contribution in [2.75, 3.05) is 40.3 Å². The van der Waals surface area contributed by atoms with Gasteiger partial charge in [-0.05, 0) is 51.1 Å². The van der Waals surface area contributed by atoms with E-state index in [-0.39, 0.29) is 18.0 Å². The van der Waals surface area contributed by atoms with Crippen LogP contribution in [0.15, 0.2) is 18.2 Å². The lowest BCUT2D eigenvalue weighted by atomic mass is 10.1.